The minimum atomic E-state index is -3.90. The van der Waals surface area contributed by atoms with Gasteiger partial charge in [0.1, 0.15) is 4.90 Å². The van der Waals surface area contributed by atoms with Crippen molar-refractivity contribution in [3.8, 4) is 0 Å². The molecule has 1 rings (SSSR count). The number of sulfonamides is 1. The van der Waals surface area contributed by atoms with Gasteiger partial charge in [-0.25, -0.2) is 17.5 Å². The number of halogens is 4. The van der Waals surface area contributed by atoms with Gasteiger partial charge in [-0.2, -0.15) is 0 Å². The number of benzene rings is 1. The van der Waals surface area contributed by atoms with E-state index < -0.39 is 20.9 Å². The highest BCUT2D eigenvalue weighted by Crippen LogP contribution is 2.29. The zero-order valence-corrected chi connectivity index (χ0v) is 14.9. The smallest absolute Gasteiger partial charge is 0.208 e. The van der Waals surface area contributed by atoms with Crippen LogP contribution in [0.25, 0.3) is 0 Å². The van der Waals surface area contributed by atoms with Crippen molar-refractivity contribution in [2.45, 2.75) is 31.2 Å². The lowest BCUT2D eigenvalue weighted by Crippen LogP contribution is -2.39. The lowest BCUT2D eigenvalue weighted by molar-refractivity contribution is 0.440. The van der Waals surface area contributed by atoms with Gasteiger partial charge in [-0.1, -0.05) is 53.0 Å². The summed E-state index contributed by atoms with van der Waals surface area (Å²) in [5.74, 6) is -0.837. The minimum absolute atomic E-state index is 0.0956. The van der Waals surface area contributed by atoms with Crippen molar-refractivity contribution in [3.63, 3.8) is 0 Å². The van der Waals surface area contributed by atoms with Crippen LogP contribution in [0.1, 0.15) is 20.3 Å². The second-order valence-corrected chi connectivity index (χ2v) is 7.88. The third-order valence-corrected chi connectivity index (χ3v) is 5.58. The lowest BCUT2D eigenvalue weighted by Gasteiger charge is -2.21. The Balaban J connectivity index is 3.14. The third-order valence-electron chi connectivity index (χ3n) is 2.82. The number of hydrogen-bond donors (Lipinski definition) is 1. The molecule has 114 valence electrons. The Bertz CT molecular complexity index is 581. The Morgan fingerprint density at radius 1 is 1.35 bits per heavy atom. The molecule has 1 unspecified atom stereocenters. The first-order valence-electron chi connectivity index (χ1n) is 5.92. The van der Waals surface area contributed by atoms with Crippen molar-refractivity contribution in [1.82, 2.24) is 4.72 Å². The second kappa shape index (κ2) is 7.40. The summed E-state index contributed by atoms with van der Waals surface area (Å²) in [7, 11) is -3.90. The molecule has 0 amide bonds. The normalized spacial score (nSPS) is 13.8. The Morgan fingerprint density at radius 3 is 2.45 bits per heavy atom. The van der Waals surface area contributed by atoms with E-state index in [4.69, 9.17) is 23.2 Å². The van der Waals surface area contributed by atoms with Gasteiger partial charge in [-0.05, 0) is 24.5 Å². The Labute approximate surface area is 137 Å². The topological polar surface area (TPSA) is 46.2 Å². The molecule has 8 heteroatoms. The molecular weight excluding hydrogens is 392 g/mol. The van der Waals surface area contributed by atoms with E-state index in [1.165, 1.54) is 12.1 Å². The van der Waals surface area contributed by atoms with Gasteiger partial charge >= 0.3 is 0 Å². The predicted octanol–water partition coefficient (Wildman–Crippen LogP) is 4.22. The molecule has 0 spiro atoms. The van der Waals surface area contributed by atoms with Crippen molar-refractivity contribution >= 4 is 49.2 Å². The van der Waals surface area contributed by atoms with E-state index in [2.05, 4.69) is 20.7 Å². The fourth-order valence-electron chi connectivity index (χ4n) is 1.62. The zero-order chi connectivity index (χ0) is 15.5. The standard InChI is InChI=1S/C12H15BrCl2FNO2S/c1-7(2)9(5-6-13)17-20(18,19)10-4-3-8(14)12(16)11(10)15/h3-4,7,9,17H,5-6H2,1-2H3. The highest BCUT2D eigenvalue weighted by atomic mass is 79.9. The number of rotatable bonds is 6. The monoisotopic (exact) mass is 405 g/mol. The average Bonchev–Trinajstić information content (AvgIpc) is 2.34. The highest BCUT2D eigenvalue weighted by molar-refractivity contribution is 9.09. The maximum Gasteiger partial charge on any atom is 0.242 e. The molecule has 20 heavy (non-hydrogen) atoms. The molecule has 1 aromatic carbocycles. The van der Waals surface area contributed by atoms with E-state index >= 15 is 0 Å². The fraction of sp³-hybridized carbons (Fsp3) is 0.500. The van der Waals surface area contributed by atoms with Gasteiger partial charge in [0.25, 0.3) is 0 Å². The molecule has 0 aliphatic rings. The fourth-order valence-corrected chi connectivity index (χ4v) is 4.28. The molecule has 0 aliphatic carbocycles. The molecule has 0 heterocycles. The Hall–Kier alpha value is 0.120. The zero-order valence-electron chi connectivity index (χ0n) is 11.0. The molecule has 1 atom stereocenters. The largest absolute Gasteiger partial charge is 0.242 e. The van der Waals surface area contributed by atoms with Crippen LogP contribution in [0.2, 0.25) is 10.0 Å². The first-order chi connectivity index (χ1) is 9.20. The van der Waals surface area contributed by atoms with Gasteiger partial charge in [-0.15, -0.1) is 0 Å². The summed E-state index contributed by atoms with van der Waals surface area (Å²) in [6.45, 7) is 3.81. The summed E-state index contributed by atoms with van der Waals surface area (Å²) in [6.07, 6.45) is 0.616. The molecule has 3 nitrogen and oxygen atoms in total. The maximum atomic E-state index is 13.6. The van der Waals surface area contributed by atoms with Crippen LogP contribution in [0.4, 0.5) is 4.39 Å². The van der Waals surface area contributed by atoms with Crippen LogP contribution in [-0.2, 0) is 10.0 Å². The predicted molar refractivity (Wildman–Crippen MR) is 83.8 cm³/mol. The van der Waals surface area contributed by atoms with E-state index in [9.17, 15) is 12.8 Å². The molecule has 0 saturated heterocycles. The Kier molecular flexibility index (Phi) is 6.73. The summed E-state index contributed by atoms with van der Waals surface area (Å²) in [5, 5.41) is -0.0534. The van der Waals surface area contributed by atoms with Crippen LogP contribution in [0, 0.1) is 11.7 Å². The number of hydrogen-bond acceptors (Lipinski definition) is 2. The summed E-state index contributed by atoms with van der Waals surface area (Å²) < 4.78 is 40.7. The van der Waals surface area contributed by atoms with Gasteiger partial charge in [-0.3, -0.25) is 0 Å². The first-order valence-corrected chi connectivity index (χ1v) is 9.28. The van der Waals surface area contributed by atoms with E-state index in [0.717, 1.165) is 0 Å². The van der Waals surface area contributed by atoms with Gasteiger partial charge in [0, 0.05) is 11.4 Å². The van der Waals surface area contributed by atoms with Crippen molar-refractivity contribution in [1.29, 1.82) is 0 Å². The van der Waals surface area contributed by atoms with Crippen molar-refractivity contribution < 1.29 is 12.8 Å². The van der Waals surface area contributed by atoms with Gasteiger partial charge in [0.15, 0.2) is 5.82 Å². The quantitative estimate of drug-likeness (QED) is 0.567. The van der Waals surface area contributed by atoms with E-state index in [0.29, 0.717) is 11.8 Å². The summed E-state index contributed by atoms with van der Waals surface area (Å²) in [5.41, 5.74) is 0. The maximum absolute atomic E-state index is 13.6. The van der Waals surface area contributed by atoms with Crippen molar-refractivity contribution in [3.05, 3.63) is 28.0 Å². The highest BCUT2D eigenvalue weighted by Gasteiger charge is 2.26. The molecule has 0 radical (unpaired) electrons. The summed E-state index contributed by atoms with van der Waals surface area (Å²) in [6, 6.07) is 2.10. The van der Waals surface area contributed by atoms with Gasteiger partial charge in [0.05, 0.1) is 10.0 Å². The number of nitrogens with one attached hydrogen (secondary N) is 1. The molecule has 1 N–H and O–H groups in total. The SMILES string of the molecule is CC(C)C(CCBr)NS(=O)(=O)c1ccc(Cl)c(F)c1Cl. The molecule has 1 aromatic rings. The van der Waals surface area contributed by atoms with Crippen molar-refractivity contribution in [2.75, 3.05) is 5.33 Å². The second-order valence-electron chi connectivity index (χ2n) is 4.62. The number of alkyl halides is 1. The molecular formula is C12H15BrCl2FNO2S. The van der Waals surface area contributed by atoms with Crippen LogP contribution >= 0.6 is 39.1 Å². The van der Waals surface area contributed by atoms with E-state index in [-0.39, 0.29) is 21.9 Å². The van der Waals surface area contributed by atoms with Crippen LogP contribution in [0.15, 0.2) is 17.0 Å². The lowest BCUT2D eigenvalue weighted by atomic mass is 10.0. The summed E-state index contributed by atoms with van der Waals surface area (Å²) >= 11 is 14.6. The molecule has 0 fully saturated rings. The van der Waals surface area contributed by atoms with Crippen LogP contribution < -0.4 is 4.72 Å². The van der Waals surface area contributed by atoms with Gasteiger partial charge < -0.3 is 0 Å². The Morgan fingerprint density at radius 2 is 1.95 bits per heavy atom. The van der Waals surface area contributed by atoms with E-state index in [1.54, 1.807) is 0 Å². The molecule has 0 aliphatic heterocycles. The average molecular weight is 407 g/mol. The minimum Gasteiger partial charge on any atom is -0.208 e. The van der Waals surface area contributed by atoms with Crippen molar-refractivity contribution in [2.24, 2.45) is 5.92 Å². The van der Waals surface area contributed by atoms with Gasteiger partial charge in [0.2, 0.25) is 10.0 Å². The molecule has 0 bridgehead atoms. The third kappa shape index (κ3) is 4.31. The summed E-state index contributed by atoms with van der Waals surface area (Å²) in [4.78, 5) is -0.304. The van der Waals surface area contributed by atoms with Crippen LogP contribution in [-0.4, -0.2) is 19.8 Å². The van der Waals surface area contributed by atoms with E-state index in [1.807, 2.05) is 13.8 Å². The van der Waals surface area contributed by atoms with Crippen LogP contribution in [0.5, 0.6) is 0 Å². The van der Waals surface area contributed by atoms with Crippen LogP contribution in [0.3, 0.4) is 0 Å². The first kappa shape index (κ1) is 18.2. The molecule has 0 saturated carbocycles. The molecule has 0 aromatic heterocycles.